The van der Waals surface area contributed by atoms with E-state index in [0.29, 0.717) is 11.6 Å². The van der Waals surface area contributed by atoms with Crippen molar-refractivity contribution in [1.29, 1.82) is 0 Å². The van der Waals surface area contributed by atoms with E-state index in [0.717, 1.165) is 59.0 Å². The van der Waals surface area contributed by atoms with Crippen LogP contribution in [0, 0.1) is 0 Å². The second-order valence-electron chi connectivity index (χ2n) is 11.2. The van der Waals surface area contributed by atoms with Gasteiger partial charge < -0.3 is 15.4 Å². The summed E-state index contributed by atoms with van der Waals surface area (Å²) in [6.07, 6.45) is 7.05. The number of aromatic nitrogens is 4. The molecule has 0 saturated heterocycles. The predicted octanol–water partition coefficient (Wildman–Crippen LogP) is 5.09. The van der Waals surface area contributed by atoms with Crippen molar-refractivity contribution in [3.8, 4) is 28.3 Å². The van der Waals surface area contributed by atoms with E-state index in [2.05, 4.69) is 56.9 Å². The largest absolute Gasteiger partial charge is 0.484 e. The number of hydrogen-bond donors (Lipinski definition) is 3. The summed E-state index contributed by atoms with van der Waals surface area (Å²) in [6.45, 7) is 7.98. The van der Waals surface area contributed by atoms with Gasteiger partial charge in [-0.1, -0.05) is 24.3 Å². The summed E-state index contributed by atoms with van der Waals surface area (Å²) >= 11 is 0. The first kappa shape index (κ1) is 26.0. The van der Waals surface area contributed by atoms with Gasteiger partial charge in [0.1, 0.15) is 11.6 Å². The lowest BCUT2D eigenvalue weighted by molar-refractivity contribution is -0.123. The topological polar surface area (TPSA) is 108 Å². The smallest absolute Gasteiger partial charge is 0.258 e. The second-order valence-corrected chi connectivity index (χ2v) is 11.2. The predicted molar refractivity (Wildman–Crippen MR) is 155 cm³/mol. The number of rotatable bonds is 9. The number of nitrogens with zero attached hydrogens (tertiary/aromatic N) is 4. The number of fused-ring (bicyclic) bond motifs is 1. The lowest BCUT2D eigenvalue weighted by atomic mass is 10.0. The number of nitrogens with one attached hydrogen (secondary N) is 3. The van der Waals surface area contributed by atoms with Crippen molar-refractivity contribution in [3.05, 3.63) is 72.2 Å². The van der Waals surface area contributed by atoms with E-state index in [4.69, 9.17) is 14.7 Å². The van der Waals surface area contributed by atoms with Crippen LogP contribution in [0.25, 0.3) is 22.5 Å². The summed E-state index contributed by atoms with van der Waals surface area (Å²) in [5.41, 5.74) is 6.46. The number of benzene rings is 2. The van der Waals surface area contributed by atoms with Gasteiger partial charge in [0.05, 0.1) is 11.9 Å². The summed E-state index contributed by atoms with van der Waals surface area (Å²) < 4.78 is 5.77. The van der Waals surface area contributed by atoms with Gasteiger partial charge in [-0.15, -0.1) is 0 Å². The van der Waals surface area contributed by atoms with Crippen molar-refractivity contribution in [1.82, 2.24) is 30.4 Å². The molecular formula is C31H35N7O2. The lowest BCUT2D eigenvalue weighted by Crippen LogP contribution is -2.40. The van der Waals surface area contributed by atoms with Crippen LogP contribution in [0.2, 0.25) is 0 Å². The SMILES string of the molecule is CC(C)NC(=O)COc1cccc(-c2nc3c(c(Nc4ccc(-c5cn[nH]c5)cc4)n2)CN(C2(C)CC2)CC3)c1. The number of hydrogen-bond acceptors (Lipinski definition) is 7. The Balaban J connectivity index is 1.29. The standard InChI is InChI=1S/C31H35N7O2/c1-20(2)34-28(39)19-40-25-6-4-5-22(15-25)29-36-27-11-14-38(31(3)12-13-31)18-26(27)30(37-29)35-24-9-7-21(8-10-24)23-16-32-33-17-23/h4-10,15-17,20H,11-14,18-19H2,1-3H3,(H,32,33)(H,34,39)(H,35,36,37). The number of amides is 1. The van der Waals surface area contributed by atoms with Crippen LogP contribution in [-0.2, 0) is 17.8 Å². The fraction of sp³-hybridized carbons (Fsp3) is 0.355. The molecule has 0 spiro atoms. The van der Waals surface area contributed by atoms with Crippen molar-refractivity contribution in [2.24, 2.45) is 0 Å². The number of carbonyl (C=O) groups is 1. The van der Waals surface area contributed by atoms with Crippen LogP contribution in [0.1, 0.15) is 44.9 Å². The van der Waals surface area contributed by atoms with E-state index in [9.17, 15) is 4.79 Å². The molecule has 0 atom stereocenters. The van der Waals surface area contributed by atoms with Crippen LogP contribution >= 0.6 is 0 Å². The normalized spacial score (nSPS) is 15.9. The third-order valence-electron chi connectivity index (χ3n) is 7.69. The Morgan fingerprint density at radius 3 is 2.65 bits per heavy atom. The third-order valence-corrected chi connectivity index (χ3v) is 7.69. The Morgan fingerprint density at radius 1 is 1.10 bits per heavy atom. The van der Waals surface area contributed by atoms with Crippen LogP contribution in [-0.4, -0.2) is 55.7 Å². The summed E-state index contributed by atoms with van der Waals surface area (Å²) in [5.74, 6) is 1.92. The Hall–Kier alpha value is -4.24. The summed E-state index contributed by atoms with van der Waals surface area (Å²) in [6, 6.07) is 16.0. The van der Waals surface area contributed by atoms with Crippen molar-refractivity contribution >= 4 is 17.4 Å². The van der Waals surface area contributed by atoms with Gasteiger partial charge in [-0.3, -0.25) is 14.8 Å². The zero-order chi connectivity index (χ0) is 27.7. The summed E-state index contributed by atoms with van der Waals surface area (Å²) in [5, 5.41) is 13.4. The molecule has 2 aromatic heterocycles. The molecule has 40 heavy (non-hydrogen) atoms. The molecule has 1 saturated carbocycles. The molecule has 0 unspecified atom stereocenters. The van der Waals surface area contributed by atoms with E-state index in [1.165, 1.54) is 12.8 Å². The monoisotopic (exact) mass is 537 g/mol. The van der Waals surface area contributed by atoms with Gasteiger partial charge in [-0.2, -0.15) is 5.10 Å². The van der Waals surface area contributed by atoms with Gasteiger partial charge in [0, 0.05) is 59.7 Å². The molecule has 206 valence electrons. The molecule has 3 heterocycles. The molecule has 9 heteroatoms. The molecule has 1 amide bonds. The van der Waals surface area contributed by atoms with Crippen LogP contribution < -0.4 is 15.4 Å². The highest BCUT2D eigenvalue weighted by Crippen LogP contribution is 2.44. The van der Waals surface area contributed by atoms with Crippen molar-refractivity contribution in [3.63, 3.8) is 0 Å². The average Bonchev–Trinajstić information content (AvgIpc) is 3.47. The minimum Gasteiger partial charge on any atom is -0.484 e. The minimum absolute atomic E-state index is 0.0388. The highest BCUT2D eigenvalue weighted by Gasteiger charge is 2.44. The molecule has 1 aliphatic heterocycles. The van der Waals surface area contributed by atoms with Crippen LogP contribution in [0.4, 0.5) is 11.5 Å². The van der Waals surface area contributed by atoms with E-state index >= 15 is 0 Å². The maximum Gasteiger partial charge on any atom is 0.258 e. The first-order valence-electron chi connectivity index (χ1n) is 13.9. The number of aromatic amines is 1. The second kappa shape index (κ2) is 10.7. The number of carbonyl (C=O) groups excluding carboxylic acids is 1. The molecule has 6 rings (SSSR count). The highest BCUT2D eigenvalue weighted by atomic mass is 16.5. The Labute approximate surface area is 234 Å². The quantitative estimate of drug-likeness (QED) is 0.273. The summed E-state index contributed by atoms with van der Waals surface area (Å²) in [7, 11) is 0. The Morgan fingerprint density at radius 2 is 1.93 bits per heavy atom. The minimum atomic E-state index is -0.148. The average molecular weight is 538 g/mol. The molecule has 2 aliphatic rings. The van der Waals surface area contributed by atoms with Crippen LogP contribution in [0.15, 0.2) is 60.9 Å². The molecule has 1 aliphatic carbocycles. The van der Waals surface area contributed by atoms with Gasteiger partial charge in [0.25, 0.3) is 5.91 Å². The van der Waals surface area contributed by atoms with Gasteiger partial charge >= 0.3 is 0 Å². The number of anilines is 2. The molecule has 1 fully saturated rings. The fourth-order valence-corrected chi connectivity index (χ4v) is 5.13. The highest BCUT2D eigenvalue weighted by molar-refractivity contribution is 5.77. The molecule has 3 N–H and O–H groups in total. The third kappa shape index (κ3) is 5.70. The zero-order valence-electron chi connectivity index (χ0n) is 23.2. The Kier molecular flexibility index (Phi) is 6.98. The first-order chi connectivity index (χ1) is 19.4. The maximum atomic E-state index is 12.1. The van der Waals surface area contributed by atoms with E-state index in [1.54, 1.807) is 0 Å². The number of ether oxygens (including phenoxy) is 1. The Bertz CT molecular complexity index is 1490. The molecular weight excluding hydrogens is 502 g/mol. The van der Waals surface area contributed by atoms with E-state index in [1.807, 2.05) is 50.5 Å². The molecule has 4 aromatic rings. The molecule has 2 aromatic carbocycles. The van der Waals surface area contributed by atoms with Gasteiger partial charge in [0.2, 0.25) is 0 Å². The van der Waals surface area contributed by atoms with Gasteiger partial charge in [0.15, 0.2) is 12.4 Å². The lowest BCUT2D eigenvalue weighted by Gasteiger charge is -2.34. The van der Waals surface area contributed by atoms with E-state index in [-0.39, 0.29) is 24.1 Å². The molecule has 9 nitrogen and oxygen atoms in total. The maximum absolute atomic E-state index is 12.1. The van der Waals surface area contributed by atoms with Gasteiger partial charge in [-0.05, 0) is 63.4 Å². The summed E-state index contributed by atoms with van der Waals surface area (Å²) in [4.78, 5) is 24.7. The molecule has 0 radical (unpaired) electrons. The molecule has 0 bridgehead atoms. The number of H-pyrrole nitrogens is 1. The zero-order valence-corrected chi connectivity index (χ0v) is 23.2. The fourth-order valence-electron chi connectivity index (χ4n) is 5.13. The van der Waals surface area contributed by atoms with Crippen LogP contribution in [0.3, 0.4) is 0 Å². The van der Waals surface area contributed by atoms with Crippen LogP contribution in [0.5, 0.6) is 5.75 Å². The van der Waals surface area contributed by atoms with Crippen molar-refractivity contribution in [2.75, 3.05) is 18.5 Å². The van der Waals surface area contributed by atoms with Crippen molar-refractivity contribution < 1.29 is 9.53 Å². The van der Waals surface area contributed by atoms with E-state index < -0.39 is 0 Å². The van der Waals surface area contributed by atoms with Crippen molar-refractivity contribution in [2.45, 2.75) is 58.2 Å². The first-order valence-corrected chi connectivity index (χ1v) is 13.9. The van der Waals surface area contributed by atoms with Gasteiger partial charge in [-0.25, -0.2) is 9.97 Å².